The van der Waals surface area contributed by atoms with Crippen LogP contribution in [0, 0.1) is 0 Å². The molecule has 29 heavy (non-hydrogen) atoms. The minimum atomic E-state index is 0. The summed E-state index contributed by atoms with van der Waals surface area (Å²) in [7, 11) is 3.53. The molecule has 2 fully saturated rings. The maximum atomic E-state index is 11.9. The second-order valence-electron chi connectivity index (χ2n) is 7.97. The van der Waals surface area contributed by atoms with Gasteiger partial charge in [0.05, 0.1) is 7.11 Å². The number of carbonyl (C=O) groups excluding carboxylic acids is 1. The van der Waals surface area contributed by atoms with Gasteiger partial charge in [-0.25, -0.2) is 0 Å². The van der Waals surface area contributed by atoms with Gasteiger partial charge in [-0.05, 0) is 37.0 Å². The minimum Gasteiger partial charge on any atom is -0.497 e. The molecule has 2 N–H and O–H groups in total. The van der Waals surface area contributed by atoms with Crippen molar-refractivity contribution in [3.8, 4) is 5.75 Å². The lowest BCUT2D eigenvalue weighted by Crippen LogP contribution is -2.48. The van der Waals surface area contributed by atoms with E-state index in [1.54, 1.807) is 7.11 Å². The molecule has 0 bridgehead atoms. The molecule has 6 nitrogen and oxygen atoms in total. The molecule has 0 aromatic heterocycles. The van der Waals surface area contributed by atoms with Crippen LogP contribution in [0.5, 0.6) is 5.75 Å². The number of hydrogen-bond donors (Lipinski definition) is 2. The molecule has 0 radical (unpaired) electrons. The highest BCUT2D eigenvalue weighted by Crippen LogP contribution is 2.41. The van der Waals surface area contributed by atoms with E-state index in [-0.39, 0.29) is 41.3 Å². The number of carbonyl (C=O) groups is 1. The number of amides is 1. The topological polar surface area (TPSA) is 66.0 Å². The number of benzene rings is 1. The first-order chi connectivity index (χ1) is 13.6. The maximum Gasteiger partial charge on any atom is 0.222 e. The Balaban J connectivity index is 0.00000300. The van der Waals surface area contributed by atoms with Gasteiger partial charge in [0.1, 0.15) is 5.75 Å². The van der Waals surface area contributed by atoms with Gasteiger partial charge in [0.15, 0.2) is 5.96 Å². The summed E-state index contributed by atoms with van der Waals surface area (Å²) in [5, 5.41) is 7.08. The minimum absolute atomic E-state index is 0. The number of ether oxygens (including phenoxy) is 1. The maximum absolute atomic E-state index is 11.9. The van der Waals surface area contributed by atoms with E-state index in [0.29, 0.717) is 6.42 Å². The first-order valence-electron chi connectivity index (χ1n) is 10.5. The number of rotatable bonds is 6. The van der Waals surface area contributed by atoms with Crippen LogP contribution >= 0.6 is 24.0 Å². The summed E-state index contributed by atoms with van der Waals surface area (Å²) in [5.74, 6) is 1.97. The predicted molar refractivity (Wildman–Crippen MR) is 128 cm³/mol. The molecular formula is C22H35IN4O2. The van der Waals surface area contributed by atoms with Gasteiger partial charge in [-0.15, -0.1) is 24.0 Å². The van der Waals surface area contributed by atoms with Crippen LogP contribution in [0.2, 0.25) is 0 Å². The number of nitrogens with one attached hydrogen (secondary N) is 2. The highest BCUT2D eigenvalue weighted by atomic mass is 127. The Hall–Kier alpha value is -1.51. The summed E-state index contributed by atoms with van der Waals surface area (Å²) in [4.78, 5) is 18.3. The van der Waals surface area contributed by atoms with Crippen LogP contribution in [-0.2, 0) is 10.2 Å². The molecule has 1 unspecified atom stereocenters. The molecule has 162 valence electrons. The van der Waals surface area contributed by atoms with Crippen molar-refractivity contribution in [2.75, 3.05) is 33.8 Å². The molecule has 7 heteroatoms. The molecule has 1 heterocycles. The highest BCUT2D eigenvalue weighted by molar-refractivity contribution is 14.0. The fraction of sp³-hybridized carbons (Fsp3) is 0.636. The van der Waals surface area contributed by atoms with Crippen LogP contribution < -0.4 is 15.4 Å². The Labute approximate surface area is 191 Å². The Morgan fingerprint density at radius 1 is 1.34 bits per heavy atom. The smallest absolute Gasteiger partial charge is 0.222 e. The second-order valence-corrected chi connectivity index (χ2v) is 7.97. The number of likely N-dealkylation sites (tertiary alicyclic amines) is 1. The van der Waals surface area contributed by atoms with E-state index in [4.69, 9.17) is 4.74 Å². The fourth-order valence-electron chi connectivity index (χ4n) is 4.54. The largest absolute Gasteiger partial charge is 0.497 e. The summed E-state index contributed by atoms with van der Waals surface area (Å²) < 4.78 is 5.44. The van der Waals surface area contributed by atoms with E-state index < -0.39 is 0 Å². The van der Waals surface area contributed by atoms with Crippen molar-refractivity contribution in [2.24, 2.45) is 4.99 Å². The summed E-state index contributed by atoms with van der Waals surface area (Å²) in [6.45, 7) is 4.36. The molecule has 3 rings (SSSR count). The van der Waals surface area contributed by atoms with Crippen LogP contribution in [0.25, 0.3) is 0 Å². The molecular weight excluding hydrogens is 479 g/mol. The summed E-state index contributed by atoms with van der Waals surface area (Å²) >= 11 is 0. The van der Waals surface area contributed by atoms with Crippen molar-refractivity contribution in [1.29, 1.82) is 0 Å². The van der Waals surface area contributed by atoms with Gasteiger partial charge >= 0.3 is 0 Å². The van der Waals surface area contributed by atoms with Crippen molar-refractivity contribution < 1.29 is 9.53 Å². The zero-order chi connectivity index (χ0) is 20.0. The SMILES string of the molecule is CCC(=O)N1CCC(NC(=NC)NCC2(c3cccc(OC)c3)CCCC2)C1.I. The summed E-state index contributed by atoms with van der Waals surface area (Å²) in [5.41, 5.74) is 1.46. The van der Waals surface area contributed by atoms with Gasteiger partial charge in [-0.1, -0.05) is 31.9 Å². The van der Waals surface area contributed by atoms with Gasteiger partial charge in [-0.2, -0.15) is 0 Å². The third kappa shape index (κ3) is 5.77. The lowest BCUT2D eigenvalue weighted by Gasteiger charge is -2.31. The molecule has 1 aliphatic heterocycles. The Morgan fingerprint density at radius 3 is 2.76 bits per heavy atom. The zero-order valence-corrected chi connectivity index (χ0v) is 20.2. The number of halogens is 1. The number of hydrogen-bond acceptors (Lipinski definition) is 3. The average molecular weight is 514 g/mol. The van der Waals surface area contributed by atoms with E-state index in [1.807, 2.05) is 24.9 Å². The monoisotopic (exact) mass is 514 g/mol. The molecule has 1 aromatic rings. The first kappa shape index (κ1) is 23.8. The Kier molecular flexibility index (Phi) is 9.04. The van der Waals surface area contributed by atoms with Crippen molar-refractivity contribution in [3.05, 3.63) is 29.8 Å². The average Bonchev–Trinajstić information content (AvgIpc) is 3.41. The third-order valence-electron chi connectivity index (χ3n) is 6.24. The number of aliphatic imine (C=N–C) groups is 1. The summed E-state index contributed by atoms with van der Waals surface area (Å²) in [6, 6.07) is 8.74. The second kappa shape index (κ2) is 11.0. The standard InChI is InChI=1S/C22H34N4O2.HI/c1-4-20(27)26-13-10-18(15-26)25-21(23-2)24-16-22(11-5-6-12-22)17-8-7-9-19(14-17)28-3;/h7-9,14,18H,4-6,10-13,15-16H2,1-3H3,(H2,23,24,25);1H. The zero-order valence-electron chi connectivity index (χ0n) is 17.9. The van der Waals surface area contributed by atoms with Gasteiger partial charge in [0, 0.05) is 44.6 Å². The van der Waals surface area contributed by atoms with Crippen molar-refractivity contribution in [1.82, 2.24) is 15.5 Å². The van der Waals surface area contributed by atoms with Gasteiger partial charge in [-0.3, -0.25) is 9.79 Å². The highest BCUT2D eigenvalue weighted by Gasteiger charge is 2.36. The van der Waals surface area contributed by atoms with E-state index >= 15 is 0 Å². The molecule has 1 aromatic carbocycles. The lowest BCUT2D eigenvalue weighted by atomic mass is 9.78. The number of nitrogens with zero attached hydrogens (tertiary/aromatic N) is 2. The van der Waals surface area contributed by atoms with Crippen LogP contribution in [0.3, 0.4) is 0 Å². The van der Waals surface area contributed by atoms with E-state index in [9.17, 15) is 4.79 Å². The van der Waals surface area contributed by atoms with Crippen LogP contribution in [0.1, 0.15) is 51.0 Å². The summed E-state index contributed by atoms with van der Waals surface area (Å²) in [6.07, 6.45) is 6.39. The molecule has 1 aliphatic carbocycles. The molecule has 1 saturated heterocycles. The molecule has 0 spiro atoms. The van der Waals surface area contributed by atoms with Crippen LogP contribution in [0.4, 0.5) is 0 Å². The third-order valence-corrected chi connectivity index (χ3v) is 6.24. The van der Waals surface area contributed by atoms with Gasteiger partial charge in [0.25, 0.3) is 0 Å². The fourth-order valence-corrected chi connectivity index (χ4v) is 4.54. The Morgan fingerprint density at radius 2 is 2.10 bits per heavy atom. The molecule has 1 amide bonds. The van der Waals surface area contributed by atoms with Crippen molar-refractivity contribution in [3.63, 3.8) is 0 Å². The normalized spacial score (nSPS) is 20.9. The van der Waals surface area contributed by atoms with E-state index in [2.05, 4.69) is 33.8 Å². The molecule has 2 aliphatic rings. The van der Waals surface area contributed by atoms with Crippen LogP contribution in [0.15, 0.2) is 29.3 Å². The van der Waals surface area contributed by atoms with Gasteiger partial charge in [0.2, 0.25) is 5.91 Å². The molecule has 1 atom stereocenters. The van der Waals surface area contributed by atoms with E-state index in [0.717, 1.165) is 37.8 Å². The first-order valence-corrected chi connectivity index (χ1v) is 10.5. The quantitative estimate of drug-likeness (QED) is 0.348. The number of guanidine groups is 1. The van der Waals surface area contributed by atoms with Crippen molar-refractivity contribution >= 4 is 35.8 Å². The van der Waals surface area contributed by atoms with Crippen molar-refractivity contribution in [2.45, 2.75) is 56.9 Å². The molecule has 1 saturated carbocycles. The Bertz CT molecular complexity index is 704. The van der Waals surface area contributed by atoms with E-state index in [1.165, 1.54) is 31.2 Å². The predicted octanol–water partition coefficient (Wildman–Crippen LogP) is 3.30. The van der Waals surface area contributed by atoms with Gasteiger partial charge < -0.3 is 20.3 Å². The van der Waals surface area contributed by atoms with Crippen LogP contribution in [-0.4, -0.2) is 56.6 Å². The lowest BCUT2D eigenvalue weighted by molar-refractivity contribution is -0.129. The number of methoxy groups -OCH3 is 1.